The Hall–Kier alpha value is -0.970. The molecule has 3 aliphatic rings. The predicted molar refractivity (Wildman–Crippen MR) is 124 cm³/mol. The van der Waals surface area contributed by atoms with E-state index in [0.717, 1.165) is 18.4 Å². The van der Waals surface area contributed by atoms with Gasteiger partial charge in [-0.25, -0.2) is 4.39 Å². The van der Waals surface area contributed by atoms with E-state index in [0.29, 0.717) is 36.2 Å². The SMILES string of the molecule is C=C1/C(=C\C=C2/CCC[C@]3(C)[C@@H]([C@H](C)CCC(O)C(C)(C)O)CC[C@@H]23)C[C@@H](O)C[C@@H]1F. The van der Waals surface area contributed by atoms with E-state index >= 15 is 0 Å². The van der Waals surface area contributed by atoms with Gasteiger partial charge in [-0.15, -0.1) is 0 Å². The molecule has 0 saturated heterocycles. The Labute approximate surface area is 188 Å². The van der Waals surface area contributed by atoms with E-state index in [2.05, 4.69) is 26.5 Å². The van der Waals surface area contributed by atoms with Crippen molar-refractivity contribution in [1.82, 2.24) is 0 Å². The van der Waals surface area contributed by atoms with E-state index in [1.165, 1.54) is 31.3 Å². The summed E-state index contributed by atoms with van der Waals surface area (Å²) >= 11 is 0. The molecule has 1 unspecified atom stereocenters. The molecule has 0 aliphatic heterocycles. The number of halogens is 1. The lowest BCUT2D eigenvalue weighted by atomic mass is 9.60. The van der Waals surface area contributed by atoms with E-state index < -0.39 is 24.0 Å². The molecule has 0 heterocycles. The van der Waals surface area contributed by atoms with Crippen molar-refractivity contribution in [3.8, 4) is 0 Å². The molecule has 0 amide bonds. The lowest BCUT2D eigenvalue weighted by Gasteiger charge is -2.44. The molecular formula is C27H43FO3. The van der Waals surface area contributed by atoms with Gasteiger partial charge in [0.05, 0.1) is 17.8 Å². The quantitative estimate of drug-likeness (QED) is 0.506. The summed E-state index contributed by atoms with van der Waals surface area (Å²) in [5, 5.41) is 30.3. The van der Waals surface area contributed by atoms with E-state index in [9.17, 15) is 19.7 Å². The number of aliphatic hydroxyl groups is 3. The fourth-order valence-electron chi connectivity index (χ4n) is 6.62. The molecule has 3 fully saturated rings. The molecule has 3 saturated carbocycles. The van der Waals surface area contributed by atoms with E-state index in [-0.39, 0.29) is 11.8 Å². The molecule has 0 spiro atoms. The number of rotatable bonds is 6. The molecule has 0 radical (unpaired) electrons. The van der Waals surface area contributed by atoms with Crippen molar-refractivity contribution >= 4 is 0 Å². The maximum absolute atomic E-state index is 14.1. The van der Waals surface area contributed by atoms with Crippen LogP contribution in [0.5, 0.6) is 0 Å². The van der Waals surface area contributed by atoms with Gasteiger partial charge in [0.25, 0.3) is 0 Å². The molecule has 31 heavy (non-hydrogen) atoms. The first kappa shape index (κ1) is 24.7. The smallest absolute Gasteiger partial charge is 0.127 e. The third-order valence-corrected chi connectivity index (χ3v) is 8.66. The maximum atomic E-state index is 14.1. The second kappa shape index (κ2) is 9.49. The molecule has 176 valence electrons. The molecular weight excluding hydrogens is 391 g/mol. The topological polar surface area (TPSA) is 60.7 Å². The summed E-state index contributed by atoms with van der Waals surface area (Å²) in [6.07, 6.45) is 9.89. The van der Waals surface area contributed by atoms with Crippen molar-refractivity contribution in [3.63, 3.8) is 0 Å². The Morgan fingerprint density at radius 3 is 2.65 bits per heavy atom. The summed E-state index contributed by atoms with van der Waals surface area (Å²) in [5.41, 5.74) is 2.06. The lowest BCUT2D eigenvalue weighted by Crippen LogP contribution is -2.38. The molecule has 0 bridgehead atoms. The van der Waals surface area contributed by atoms with Crippen LogP contribution in [0, 0.1) is 23.2 Å². The van der Waals surface area contributed by atoms with Gasteiger partial charge in [0.1, 0.15) is 6.17 Å². The highest BCUT2D eigenvalue weighted by molar-refractivity contribution is 5.38. The number of hydrogen-bond acceptors (Lipinski definition) is 3. The van der Waals surface area contributed by atoms with Crippen LogP contribution in [-0.4, -0.2) is 39.3 Å². The molecule has 0 aromatic carbocycles. The molecule has 7 atom stereocenters. The van der Waals surface area contributed by atoms with Crippen LogP contribution in [0.25, 0.3) is 0 Å². The van der Waals surface area contributed by atoms with Gasteiger partial charge >= 0.3 is 0 Å². The Morgan fingerprint density at radius 1 is 1.26 bits per heavy atom. The first-order valence-corrected chi connectivity index (χ1v) is 12.2. The van der Waals surface area contributed by atoms with Gasteiger partial charge in [-0.2, -0.15) is 0 Å². The predicted octanol–water partition coefficient (Wildman–Crippen LogP) is 5.65. The van der Waals surface area contributed by atoms with Crippen molar-refractivity contribution < 1.29 is 19.7 Å². The van der Waals surface area contributed by atoms with Gasteiger partial charge in [0.2, 0.25) is 0 Å². The van der Waals surface area contributed by atoms with Gasteiger partial charge in [0, 0.05) is 6.42 Å². The Balaban J connectivity index is 1.71. The molecule has 3 nitrogen and oxygen atoms in total. The summed E-state index contributed by atoms with van der Waals surface area (Å²) in [5.74, 6) is 1.67. The van der Waals surface area contributed by atoms with Crippen molar-refractivity contribution in [3.05, 3.63) is 35.5 Å². The average Bonchev–Trinajstić information content (AvgIpc) is 3.04. The van der Waals surface area contributed by atoms with Crippen molar-refractivity contribution in [1.29, 1.82) is 0 Å². The van der Waals surface area contributed by atoms with Gasteiger partial charge in [-0.05, 0) is 99.5 Å². The second-order valence-corrected chi connectivity index (χ2v) is 11.3. The highest BCUT2D eigenvalue weighted by atomic mass is 19.1. The van der Waals surface area contributed by atoms with Crippen LogP contribution in [0.1, 0.15) is 85.5 Å². The number of hydrogen-bond donors (Lipinski definition) is 3. The first-order valence-electron chi connectivity index (χ1n) is 12.2. The van der Waals surface area contributed by atoms with Crippen LogP contribution in [0.4, 0.5) is 4.39 Å². The largest absolute Gasteiger partial charge is 0.393 e. The summed E-state index contributed by atoms with van der Waals surface area (Å²) in [6.45, 7) is 12.0. The lowest BCUT2D eigenvalue weighted by molar-refractivity contribution is -0.0554. The highest BCUT2D eigenvalue weighted by Gasteiger charge is 2.50. The summed E-state index contributed by atoms with van der Waals surface area (Å²) in [6, 6.07) is 0. The maximum Gasteiger partial charge on any atom is 0.127 e. The van der Waals surface area contributed by atoms with Crippen LogP contribution in [0.3, 0.4) is 0 Å². The summed E-state index contributed by atoms with van der Waals surface area (Å²) < 4.78 is 14.1. The van der Waals surface area contributed by atoms with Gasteiger partial charge < -0.3 is 15.3 Å². The number of fused-ring (bicyclic) bond motifs is 1. The third kappa shape index (κ3) is 5.34. The summed E-state index contributed by atoms with van der Waals surface area (Å²) in [4.78, 5) is 0. The van der Waals surface area contributed by atoms with Gasteiger partial charge in [-0.3, -0.25) is 0 Å². The van der Waals surface area contributed by atoms with Crippen LogP contribution >= 0.6 is 0 Å². The molecule has 3 N–H and O–H groups in total. The number of aliphatic hydroxyl groups excluding tert-OH is 2. The minimum atomic E-state index is -1.14. The molecule has 0 aromatic rings. The molecule has 4 heteroatoms. The van der Waals surface area contributed by atoms with Crippen LogP contribution in [0.2, 0.25) is 0 Å². The molecule has 3 rings (SSSR count). The number of allylic oxidation sites excluding steroid dienone is 4. The number of alkyl halides is 1. The fraction of sp³-hybridized carbons (Fsp3) is 0.778. The third-order valence-electron chi connectivity index (χ3n) is 8.66. The fourth-order valence-corrected chi connectivity index (χ4v) is 6.62. The zero-order valence-electron chi connectivity index (χ0n) is 19.9. The normalized spacial score (nSPS) is 39.0. The molecule has 0 aromatic heterocycles. The average molecular weight is 435 g/mol. The van der Waals surface area contributed by atoms with Crippen molar-refractivity contribution in [2.45, 2.75) is 109 Å². The van der Waals surface area contributed by atoms with Crippen molar-refractivity contribution in [2.75, 3.05) is 0 Å². The van der Waals surface area contributed by atoms with E-state index in [1.807, 2.05) is 6.08 Å². The van der Waals surface area contributed by atoms with Crippen LogP contribution in [0.15, 0.2) is 35.5 Å². The van der Waals surface area contributed by atoms with E-state index in [4.69, 9.17) is 0 Å². The highest BCUT2D eigenvalue weighted by Crippen LogP contribution is 2.60. The van der Waals surface area contributed by atoms with Gasteiger partial charge in [0.15, 0.2) is 0 Å². The minimum absolute atomic E-state index is 0.162. The second-order valence-electron chi connectivity index (χ2n) is 11.3. The van der Waals surface area contributed by atoms with E-state index in [1.54, 1.807) is 13.8 Å². The Bertz CT molecular complexity index is 718. The monoisotopic (exact) mass is 434 g/mol. The zero-order valence-corrected chi connectivity index (χ0v) is 19.9. The van der Waals surface area contributed by atoms with Gasteiger partial charge in [-0.1, -0.05) is 38.2 Å². The van der Waals surface area contributed by atoms with Crippen molar-refractivity contribution in [2.24, 2.45) is 23.2 Å². The summed E-state index contributed by atoms with van der Waals surface area (Å²) in [7, 11) is 0. The van der Waals surface area contributed by atoms with Crippen LogP contribution in [-0.2, 0) is 0 Å². The standard InChI is InChI=1S/C27H43FO3/c1-17(8-13-25(30)26(3,4)31)22-11-12-23-19(7-6-14-27(22,23)5)9-10-20-15-21(29)16-24(28)18(20)2/h9-10,17,21-25,29-31H,2,6-8,11-16H2,1,3-5H3/b19-9+,20-10-/t17-,21-,22-,23+,24+,25?,27-/m1/s1. The Morgan fingerprint density at radius 2 is 1.97 bits per heavy atom. The zero-order chi connectivity index (χ0) is 23.0. The minimum Gasteiger partial charge on any atom is -0.393 e. The first-order chi connectivity index (χ1) is 14.4. The van der Waals surface area contributed by atoms with Crippen LogP contribution < -0.4 is 0 Å². The Kier molecular flexibility index (Phi) is 7.55. The molecule has 3 aliphatic carbocycles.